The molecule has 4 aliphatic heterocycles. The van der Waals surface area contributed by atoms with E-state index in [9.17, 15) is 27.6 Å². The molecule has 37 heavy (non-hydrogen) atoms. The van der Waals surface area contributed by atoms with Gasteiger partial charge < -0.3 is 29.5 Å². The summed E-state index contributed by atoms with van der Waals surface area (Å²) in [7, 11) is 0. The number of carbonyl (C=O) groups is 3. The second-order valence-corrected chi connectivity index (χ2v) is 9.99. The van der Waals surface area contributed by atoms with Gasteiger partial charge >= 0.3 is 18.5 Å². The van der Waals surface area contributed by atoms with Gasteiger partial charge in [0.2, 0.25) is 5.91 Å². The van der Waals surface area contributed by atoms with Crippen LogP contribution in [0, 0.1) is 11.8 Å². The zero-order chi connectivity index (χ0) is 26.2. The van der Waals surface area contributed by atoms with Gasteiger partial charge in [0.25, 0.3) is 0 Å². The molecule has 0 unspecified atom stereocenters. The zero-order valence-corrected chi connectivity index (χ0v) is 20.2. The summed E-state index contributed by atoms with van der Waals surface area (Å²) in [5, 5.41) is 2.78. The number of alkyl carbamates (subject to hydrolysis) is 1. The number of alkyl halides is 3. The number of amides is 4. The molecule has 9 nitrogen and oxygen atoms in total. The molecule has 200 valence electrons. The van der Waals surface area contributed by atoms with Crippen molar-refractivity contribution in [3.63, 3.8) is 0 Å². The maximum Gasteiger partial charge on any atom is 0.573 e. The monoisotopic (exact) mass is 522 g/mol. The van der Waals surface area contributed by atoms with Crippen LogP contribution >= 0.6 is 0 Å². The zero-order valence-electron chi connectivity index (χ0n) is 20.2. The summed E-state index contributed by atoms with van der Waals surface area (Å²) in [6.07, 6.45) is -0.181. The molecule has 0 radical (unpaired) electrons. The molecular weight excluding hydrogens is 493 g/mol. The van der Waals surface area contributed by atoms with Crippen LogP contribution in [0.2, 0.25) is 0 Å². The fourth-order valence-electron chi connectivity index (χ4n) is 5.68. The third kappa shape index (κ3) is 5.94. The topological polar surface area (TPSA) is 91.4 Å². The number of benzene rings is 1. The smallest absolute Gasteiger partial charge is 0.442 e. The molecule has 4 saturated heterocycles. The highest BCUT2D eigenvalue weighted by Gasteiger charge is 2.43. The number of halogens is 3. The van der Waals surface area contributed by atoms with Gasteiger partial charge in [0.1, 0.15) is 11.9 Å². The Bertz CT molecular complexity index is 1050. The Morgan fingerprint density at radius 3 is 2.24 bits per heavy atom. The fourth-order valence-corrected chi connectivity index (χ4v) is 5.68. The molecule has 5 rings (SSSR count). The van der Waals surface area contributed by atoms with Gasteiger partial charge in [-0.2, -0.15) is 0 Å². The summed E-state index contributed by atoms with van der Waals surface area (Å²) in [6.45, 7) is 3.45. The SMILES string of the molecule is O=C1N[C@@H]2CCN(C(=O)N3C[C@H]4CCN(C(=O)C=Cc5ccc(OC(F)(F)F)cc5)CC[C@H]4C3)C[C@H]2O1. The Morgan fingerprint density at radius 2 is 1.59 bits per heavy atom. The molecule has 0 aliphatic carbocycles. The van der Waals surface area contributed by atoms with E-state index in [1.165, 1.54) is 30.3 Å². The van der Waals surface area contributed by atoms with Crippen molar-refractivity contribution in [3.05, 3.63) is 35.9 Å². The summed E-state index contributed by atoms with van der Waals surface area (Å²) in [5.74, 6) is 0.169. The number of urea groups is 1. The highest BCUT2D eigenvalue weighted by molar-refractivity contribution is 5.91. The van der Waals surface area contributed by atoms with E-state index in [1.807, 2.05) is 4.90 Å². The van der Waals surface area contributed by atoms with Gasteiger partial charge in [-0.15, -0.1) is 13.2 Å². The van der Waals surface area contributed by atoms with Gasteiger partial charge in [-0.05, 0) is 54.9 Å². The minimum atomic E-state index is -4.75. The van der Waals surface area contributed by atoms with Crippen molar-refractivity contribution in [1.82, 2.24) is 20.0 Å². The average Bonchev–Trinajstić information content (AvgIpc) is 3.37. The van der Waals surface area contributed by atoms with Gasteiger partial charge in [0, 0.05) is 38.8 Å². The Labute approximate surface area is 212 Å². The largest absolute Gasteiger partial charge is 0.573 e. The number of nitrogens with zero attached hydrogens (tertiary/aromatic N) is 3. The first-order chi connectivity index (χ1) is 17.6. The van der Waals surface area contributed by atoms with Crippen LogP contribution < -0.4 is 10.1 Å². The fraction of sp³-hybridized carbons (Fsp3) is 0.560. The summed E-state index contributed by atoms with van der Waals surface area (Å²) < 4.78 is 46.0. The number of hydrogen-bond acceptors (Lipinski definition) is 5. The van der Waals surface area contributed by atoms with E-state index in [2.05, 4.69) is 10.1 Å². The number of ether oxygens (including phenoxy) is 2. The maximum atomic E-state index is 13.1. The van der Waals surface area contributed by atoms with Crippen LogP contribution in [0.15, 0.2) is 30.3 Å². The quantitative estimate of drug-likeness (QED) is 0.617. The lowest BCUT2D eigenvalue weighted by molar-refractivity contribution is -0.274. The molecule has 4 heterocycles. The number of carbonyl (C=O) groups excluding carboxylic acids is 3. The Hall–Kier alpha value is -3.44. The van der Waals surface area contributed by atoms with Crippen molar-refractivity contribution in [1.29, 1.82) is 0 Å². The molecule has 4 fully saturated rings. The molecule has 0 spiro atoms. The van der Waals surface area contributed by atoms with Crippen LogP contribution in [0.25, 0.3) is 6.08 Å². The van der Waals surface area contributed by atoms with Crippen molar-refractivity contribution in [2.75, 3.05) is 39.3 Å². The van der Waals surface area contributed by atoms with Crippen molar-refractivity contribution in [3.8, 4) is 5.75 Å². The lowest BCUT2D eigenvalue weighted by Gasteiger charge is -2.35. The summed E-state index contributed by atoms with van der Waals surface area (Å²) >= 11 is 0. The lowest BCUT2D eigenvalue weighted by atomic mass is 9.92. The van der Waals surface area contributed by atoms with E-state index >= 15 is 0 Å². The number of nitrogens with one attached hydrogen (secondary N) is 1. The first-order valence-electron chi connectivity index (χ1n) is 12.5. The van der Waals surface area contributed by atoms with E-state index in [4.69, 9.17) is 4.74 Å². The van der Waals surface area contributed by atoms with Crippen LogP contribution in [0.5, 0.6) is 5.75 Å². The van der Waals surface area contributed by atoms with E-state index in [0.29, 0.717) is 63.1 Å². The van der Waals surface area contributed by atoms with Crippen molar-refractivity contribution < 1.29 is 37.0 Å². The Balaban J connectivity index is 1.10. The molecule has 12 heteroatoms. The highest BCUT2D eigenvalue weighted by Crippen LogP contribution is 2.33. The molecule has 0 saturated carbocycles. The molecule has 4 aliphatic rings. The van der Waals surface area contributed by atoms with Crippen molar-refractivity contribution >= 4 is 24.1 Å². The molecule has 0 bridgehead atoms. The number of rotatable bonds is 3. The molecule has 1 aromatic rings. The standard InChI is InChI=1S/C25H29F3N4O5/c26-25(27,28)37-19-4-1-16(2-5-19)3-6-22(33)30-10-7-17-13-32(14-18(17)8-11-30)24(35)31-12-9-20-21(15-31)36-23(34)29-20/h1-6,17-18,20-21H,7-15H2,(H,29,34)/t17-,18+,20-,21-/m1/s1. The van der Waals surface area contributed by atoms with Crippen LogP contribution in [0.1, 0.15) is 24.8 Å². The number of hydrogen-bond donors (Lipinski definition) is 1. The Kier molecular flexibility index (Phi) is 6.91. The summed E-state index contributed by atoms with van der Waals surface area (Å²) in [6, 6.07) is 5.28. The molecular formula is C25H29F3N4O5. The van der Waals surface area contributed by atoms with Gasteiger partial charge in [-0.3, -0.25) is 4.79 Å². The second-order valence-electron chi connectivity index (χ2n) is 9.99. The van der Waals surface area contributed by atoms with Gasteiger partial charge in [-0.25, -0.2) is 9.59 Å². The summed E-state index contributed by atoms with van der Waals surface area (Å²) in [5.41, 5.74) is 0.593. The molecule has 4 atom stereocenters. The van der Waals surface area contributed by atoms with E-state index in [-0.39, 0.29) is 29.8 Å². The van der Waals surface area contributed by atoms with Crippen LogP contribution in [0.4, 0.5) is 22.8 Å². The van der Waals surface area contributed by atoms with E-state index in [0.717, 1.165) is 12.8 Å². The van der Waals surface area contributed by atoms with Crippen molar-refractivity contribution in [2.24, 2.45) is 11.8 Å². The predicted octanol–water partition coefficient (Wildman–Crippen LogP) is 3.07. The minimum Gasteiger partial charge on any atom is -0.442 e. The molecule has 0 aromatic heterocycles. The third-order valence-electron chi connectivity index (χ3n) is 7.62. The highest BCUT2D eigenvalue weighted by atomic mass is 19.4. The Morgan fingerprint density at radius 1 is 0.946 bits per heavy atom. The normalized spacial score (nSPS) is 27.9. The van der Waals surface area contributed by atoms with E-state index in [1.54, 1.807) is 15.9 Å². The lowest BCUT2D eigenvalue weighted by Crippen LogP contribution is -2.53. The van der Waals surface area contributed by atoms with Gasteiger partial charge in [-0.1, -0.05) is 12.1 Å². The molecule has 1 aromatic carbocycles. The van der Waals surface area contributed by atoms with Gasteiger partial charge in [0.05, 0.1) is 12.6 Å². The van der Waals surface area contributed by atoms with Gasteiger partial charge in [0.15, 0.2) is 0 Å². The molecule has 4 amide bonds. The van der Waals surface area contributed by atoms with Crippen molar-refractivity contribution in [2.45, 2.75) is 37.8 Å². The van der Waals surface area contributed by atoms with Crippen LogP contribution in [0.3, 0.4) is 0 Å². The van der Waals surface area contributed by atoms with Crippen LogP contribution in [-0.2, 0) is 9.53 Å². The predicted molar refractivity (Wildman–Crippen MR) is 125 cm³/mol. The first-order valence-corrected chi connectivity index (χ1v) is 12.5. The van der Waals surface area contributed by atoms with E-state index < -0.39 is 12.5 Å². The molecule has 1 N–H and O–H groups in total. The first kappa shape index (κ1) is 25.2. The van der Waals surface area contributed by atoms with Crippen LogP contribution in [-0.4, -0.2) is 90.5 Å². The number of likely N-dealkylation sites (tertiary alicyclic amines) is 3. The minimum absolute atomic E-state index is 0.0167. The summed E-state index contributed by atoms with van der Waals surface area (Å²) in [4.78, 5) is 42.8. The number of piperidine rings is 1. The average molecular weight is 523 g/mol. The number of fused-ring (bicyclic) bond motifs is 2. The maximum absolute atomic E-state index is 13.1. The third-order valence-corrected chi connectivity index (χ3v) is 7.62. The second kappa shape index (κ2) is 10.1.